The van der Waals surface area contributed by atoms with Crippen LogP contribution in [0, 0.1) is 17.0 Å². The van der Waals surface area contributed by atoms with E-state index in [2.05, 4.69) is 20.8 Å². The highest BCUT2D eigenvalue weighted by atomic mass is 16.6. The third-order valence-electron chi connectivity index (χ3n) is 3.33. The number of fused-ring (bicyclic) bond motifs is 1. The second-order valence-corrected chi connectivity index (χ2v) is 4.71. The minimum absolute atomic E-state index is 0.0454. The topological polar surface area (TPSA) is 136 Å². The van der Waals surface area contributed by atoms with E-state index >= 15 is 0 Å². The summed E-state index contributed by atoms with van der Waals surface area (Å²) in [5.74, 6) is -1.01. The number of allylic oxidation sites excluding steroid dienone is 1. The lowest BCUT2D eigenvalue weighted by atomic mass is 10.0. The normalized spacial score (nSPS) is 16.4. The molecule has 0 saturated carbocycles. The summed E-state index contributed by atoms with van der Waals surface area (Å²) in [7, 11) is 0. The molecular formula is C12H10N6O4. The largest absolute Gasteiger partial charge is 0.477 e. The number of benzene rings is 1. The number of carbonyl (C=O) groups is 1. The van der Waals surface area contributed by atoms with Crippen LogP contribution in [0.2, 0.25) is 0 Å². The molecule has 1 aliphatic heterocycles. The molecule has 1 aliphatic rings. The van der Waals surface area contributed by atoms with Gasteiger partial charge in [-0.2, -0.15) is 4.68 Å². The fourth-order valence-corrected chi connectivity index (χ4v) is 2.22. The van der Waals surface area contributed by atoms with E-state index in [1.807, 2.05) is 0 Å². The van der Waals surface area contributed by atoms with Crippen LogP contribution in [-0.4, -0.2) is 36.2 Å². The van der Waals surface area contributed by atoms with Crippen LogP contribution in [0.1, 0.15) is 17.2 Å². The van der Waals surface area contributed by atoms with Crippen molar-refractivity contribution in [2.75, 3.05) is 5.32 Å². The Labute approximate surface area is 123 Å². The van der Waals surface area contributed by atoms with Crippen LogP contribution in [0.25, 0.3) is 0 Å². The van der Waals surface area contributed by atoms with Gasteiger partial charge in [-0.05, 0) is 29.0 Å². The molecule has 2 heterocycles. The molecule has 1 atom stereocenters. The number of tetrazole rings is 1. The lowest BCUT2D eigenvalue weighted by Crippen LogP contribution is -2.24. The molecule has 1 aromatic carbocycles. The molecule has 22 heavy (non-hydrogen) atoms. The molecule has 3 rings (SSSR count). The van der Waals surface area contributed by atoms with Gasteiger partial charge in [0.05, 0.1) is 4.92 Å². The maximum absolute atomic E-state index is 11.2. The molecule has 0 unspecified atom stereocenters. The number of anilines is 1. The summed E-state index contributed by atoms with van der Waals surface area (Å²) in [6.07, 6.45) is 1.40. The van der Waals surface area contributed by atoms with Crippen LogP contribution in [0.3, 0.4) is 0 Å². The van der Waals surface area contributed by atoms with Crippen molar-refractivity contribution < 1.29 is 14.8 Å². The fourth-order valence-electron chi connectivity index (χ4n) is 2.22. The van der Waals surface area contributed by atoms with E-state index in [0.717, 1.165) is 0 Å². The van der Waals surface area contributed by atoms with E-state index in [0.29, 0.717) is 11.1 Å². The van der Waals surface area contributed by atoms with Gasteiger partial charge in [-0.15, -0.1) is 0 Å². The van der Waals surface area contributed by atoms with Gasteiger partial charge in [0, 0.05) is 11.6 Å². The number of rotatable bonds is 3. The quantitative estimate of drug-likeness (QED) is 0.629. The number of nitro benzene ring substituents is 1. The molecule has 10 nitrogen and oxygen atoms in total. The second-order valence-electron chi connectivity index (χ2n) is 4.71. The fraction of sp³-hybridized carbons (Fsp3) is 0.167. The van der Waals surface area contributed by atoms with Crippen molar-refractivity contribution in [3.63, 3.8) is 0 Å². The molecule has 1 aromatic heterocycles. The smallest absolute Gasteiger partial charge is 0.352 e. The van der Waals surface area contributed by atoms with Gasteiger partial charge in [0.1, 0.15) is 11.7 Å². The Bertz CT molecular complexity index is 812. The van der Waals surface area contributed by atoms with E-state index in [-0.39, 0.29) is 17.3 Å². The maximum Gasteiger partial charge on any atom is 0.352 e. The summed E-state index contributed by atoms with van der Waals surface area (Å²) in [5.41, 5.74) is 0.902. The Morgan fingerprint density at radius 2 is 2.27 bits per heavy atom. The zero-order valence-electron chi connectivity index (χ0n) is 11.3. The highest BCUT2D eigenvalue weighted by Gasteiger charge is 2.27. The Morgan fingerprint density at radius 1 is 1.50 bits per heavy atom. The number of nitrogens with one attached hydrogen (secondary N) is 1. The number of carboxylic acid groups (broad SMARTS) is 1. The molecule has 0 amide bonds. The summed E-state index contributed by atoms with van der Waals surface area (Å²) in [4.78, 5) is 21.8. The lowest BCUT2D eigenvalue weighted by Gasteiger charge is -2.21. The van der Waals surface area contributed by atoms with Crippen LogP contribution >= 0.6 is 0 Å². The monoisotopic (exact) mass is 302 g/mol. The SMILES string of the molecule is Cc1ccc([C@H]2C=C(C(=O)O)Nc3nnnn32)cc1[N+](=O)[O-]. The Hall–Kier alpha value is -3.30. The van der Waals surface area contributed by atoms with E-state index in [1.54, 1.807) is 19.1 Å². The van der Waals surface area contributed by atoms with Crippen molar-refractivity contribution in [2.24, 2.45) is 0 Å². The first-order valence-electron chi connectivity index (χ1n) is 6.22. The first kappa shape index (κ1) is 13.7. The predicted octanol–water partition coefficient (Wildman–Crippen LogP) is 0.873. The Morgan fingerprint density at radius 3 is 2.95 bits per heavy atom. The Kier molecular flexibility index (Phi) is 3.05. The van der Waals surface area contributed by atoms with Crippen molar-refractivity contribution in [1.29, 1.82) is 0 Å². The number of aliphatic carboxylic acids is 1. The minimum atomic E-state index is -1.17. The van der Waals surface area contributed by atoms with Crippen LogP contribution in [-0.2, 0) is 4.79 Å². The van der Waals surface area contributed by atoms with Gasteiger partial charge >= 0.3 is 5.97 Å². The maximum atomic E-state index is 11.2. The third-order valence-corrected chi connectivity index (χ3v) is 3.33. The number of hydrogen-bond acceptors (Lipinski definition) is 7. The number of aryl methyl sites for hydroxylation is 1. The van der Waals surface area contributed by atoms with Crippen LogP contribution in [0.15, 0.2) is 30.0 Å². The van der Waals surface area contributed by atoms with Gasteiger partial charge in [0.15, 0.2) is 0 Å². The molecule has 0 fully saturated rings. The number of nitro groups is 1. The lowest BCUT2D eigenvalue weighted by molar-refractivity contribution is -0.385. The average molecular weight is 302 g/mol. The molecular weight excluding hydrogens is 292 g/mol. The molecule has 10 heteroatoms. The Balaban J connectivity index is 2.13. The summed E-state index contributed by atoms with van der Waals surface area (Å²) < 4.78 is 1.36. The summed E-state index contributed by atoms with van der Waals surface area (Å²) in [6.45, 7) is 1.63. The van der Waals surface area contributed by atoms with Crippen molar-refractivity contribution in [3.8, 4) is 0 Å². The number of aromatic nitrogens is 4. The molecule has 0 bridgehead atoms. The number of hydrogen-bond donors (Lipinski definition) is 2. The molecule has 2 aromatic rings. The van der Waals surface area contributed by atoms with Gasteiger partial charge in [-0.1, -0.05) is 17.2 Å². The van der Waals surface area contributed by atoms with Gasteiger partial charge in [-0.25, -0.2) is 4.79 Å². The van der Waals surface area contributed by atoms with Gasteiger partial charge in [0.25, 0.3) is 5.69 Å². The van der Waals surface area contributed by atoms with Crippen LogP contribution < -0.4 is 5.32 Å². The molecule has 0 saturated heterocycles. The first-order chi connectivity index (χ1) is 10.5. The molecule has 0 spiro atoms. The standard InChI is InChI=1S/C12H10N6O4/c1-6-2-3-7(4-9(6)18(21)22)10-5-8(11(19)20)13-12-14-15-16-17(10)12/h2-5,10H,1H3,(H,19,20)(H,13,14,16)/t10-/m1/s1. The van der Waals surface area contributed by atoms with E-state index in [4.69, 9.17) is 5.11 Å². The summed E-state index contributed by atoms with van der Waals surface area (Å²) in [6, 6.07) is 4.04. The first-order valence-corrected chi connectivity index (χ1v) is 6.22. The summed E-state index contributed by atoms with van der Waals surface area (Å²) >= 11 is 0. The number of nitrogens with zero attached hydrogens (tertiary/aromatic N) is 5. The molecule has 0 radical (unpaired) electrons. The van der Waals surface area contributed by atoms with Gasteiger partial charge in [0.2, 0.25) is 5.95 Å². The second kappa shape index (κ2) is 4.91. The predicted molar refractivity (Wildman–Crippen MR) is 73.1 cm³/mol. The molecule has 112 valence electrons. The van der Waals surface area contributed by atoms with Crippen LogP contribution in [0.4, 0.5) is 11.6 Å². The van der Waals surface area contributed by atoms with Gasteiger partial charge < -0.3 is 10.4 Å². The van der Waals surface area contributed by atoms with E-state index < -0.39 is 16.9 Å². The zero-order valence-corrected chi connectivity index (χ0v) is 11.3. The van der Waals surface area contributed by atoms with Crippen molar-refractivity contribution in [2.45, 2.75) is 13.0 Å². The van der Waals surface area contributed by atoms with E-state index in [1.165, 1.54) is 16.8 Å². The summed E-state index contributed by atoms with van der Waals surface area (Å²) in [5, 5.41) is 33.7. The van der Waals surface area contributed by atoms with Crippen molar-refractivity contribution >= 4 is 17.6 Å². The molecule has 0 aliphatic carbocycles. The van der Waals surface area contributed by atoms with E-state index in [9.17, 15) is 14.9 Å². The highest BCUT2D eigenvalue weighted by molar-refractivity contribution is 5.90. The highest BCUT2D eigenvalue weighted by Crippen LogP contribution is 2.30. The van der Waals surface area contributed by atoms with Crippen LogP contribution in [0.5, 0.6) is 0 Å². The number of carboxylic acids is 1. The molecule has 2 N–H and O–H groups in total. The minimum Gasteiger partial charge on any atom is -0.477 e. The zero-order chi connectivity index (χ0) is 15.9. The van der Waals surface area contributed by atoms with Crippen molar-refractivity contribution in [3.05, 3.63) is 51.2 Å². The van der Waals surface area contributed by atoms with Gasteiger partial charge in [-0.3, -0.25) is 10.1 Å². The average Bonchev–Trinajstić information content (AvgIpc) is 2.94. The third kappa shape index (κ3) is 2.16. The van der Waals surface area contributed by atoms with Crippen molar-refractivity contribution in [1.82, 2.24) is 20.2 Å².